The molecule has 0 radical (unpaired) electrons. The first-order valence-corrected chi connectivity index (χ1v) is 5.34. The van der Waals surface area contributed by atoms with Crippen LogP contribution in [0.2, 0.25) is 0 Å². The fourth-order valence-electron chi connectivity index (χ4n) is 1.35. The third kappa shape index (κ3) is 1.61. The van der Waals surface area contributed by atoms with E-state index in [1.165, 1.54) is 11.3 Å². The van der Waals surface area contributed by atoms with Crippen molar-refractivity contribution in [2.45, 2.75) is 6.54 Å². The van der Waals surface area contributed by atoms with Gasteiger partial charge in [-0.15, -0.1) is 11.3 Å². The molecule has 0 aliphatic heterocycles. The van der Waals surface area contributed by atoms with E-state index in [0.717, 1.165) is 10.2 Å². The molecule has 0 unspecified atom stereocenters. The standard InChI is InChI=1S/C10H8ClNOS/c1-7(11)6-12-4-2-9(13)10-8(12)3-5-14-10/h2-5H,1,6H2. The minimum absolute atomic E-state index is 0.0615. The molecule has 72 valence electrons. The first-order valence-electron chi connectivity index (χ1n) is 4.08. The van der Waals surface area contributed by atoms with Gasteiger partial charge in [0.1, 0.15) is 0 Å². The second kappa shape index (κ2) is 3.59. The molecule has 0 bridgehead atoms. The second-order valence-electron chi connectivity index (χ2n) is 2.96. The van der Waals surface area contributed by atoms with Gasteiger partial charge in [-0.2, -0.15) is 0 Å². The van der Waals surface area contributed by atoms with E-state index in [0.29, 0.717) is 11.6 Å². The van der Waals surface area contributed by atoms with Crippen molar-refractivity contribution < 1.29 is 0 Å². The first-order chi connectivity index (χ1) is 6.68. The maximum absolute atomic E-state index is 11.4. The van der Waals surface area contributed by atoms with Crippen LogP contribution in [0.15, 0.2) is 40.1 Å². The van der Waals surface area contributed by atoms with E-state index in [9.17, 15) is 4.79 Å². The average Bonchev–Trinajstić information content (AvgIpc) is 2.58. The molecule has 2 aromatic rings. The summed E-state index contributed by atoms with van der Waals surface area (Å²) in [6.07, 6.45) is 1.74. The molecule has 2 heterocycles. The van der Waals surface area contributed by atoms with Crippen molar-refractivity contribution >= 4 is 33.2 Å². The van der Waals surface area contributed by atoms with Crippen molar-refractivity contribution in [3.63, 3.8) is 0 Å². The van der Waals surface area contributed by atoms with E-state index >= 15 is 0 Å². The van der Waals surface area contributed by atoms with Crippen molar-refractivity contribution in [2.24, 2.45) is 0 Å². The summed E-state index contributed by atoms with van der Waals surface area (Å²) in [7, 11) is 0. The topological polar surface area (TPSA) is 22.0 Å². The number of rotatable bonds is 2. The molecule has 0 atom stereocenters. The van der Waals surface area contributed by atoms with E-state index in [-0.39, 0.29) is 5.43 Å². The highest BCUT2D eigenvalue weighted by Gasteiger charge is 2.03. The van der Waals surface area contributed by atoms with Gasteiger partial charge in [0.2, 0.25) is 0 Å². The SMILES string of the molecule is C=C(Cl)Cn1ccc(=O)c2sccc21. The third-order valence-electron chi connectivity index (χ3n) is 1.93. The van der Waals surface area contributed by atoms with E-state index in [1.54, 1.807) is 12.3 Å². The van der Waals surface area contributed by atoms with Crippen LogP contribution in [0.4, 0.5) is 0 Å². The molecule has 0 aliphatic carbocycles. The molecule has 0 amide bonds. The molecule has 0 fully saturated rings. The summed E-state index contributed by atoms with van der Waals surface area (Å²) in [6, 6.07) is 3.47. The fraction of sp³-hybridized carbons (Fsp3) is 0.100. The van der Waals surface area contributed by atoms with Crippen molar-refractivity contribution in [3.05, 3.63) is 45.5 Å². The number of fused-ring (bicyclic) bond motifs is 1. The number of pyridine rings is 1. The minimum Gasteiger partial charge on any atom is -0.341 e. The van der Waals surface area contributed by atoms with Crippen LogP contribution in [0.3, 0.4) is 0 Å². The molecular weight excluding hydrogens is 218 g/mol. The summed E-state index contributed by atoms with van der Waals surface area (Å²) < 4.78 is 2.69. The lowest BCUT2D eigenvalue weighted by Crippen LogP contribution is -2.05. The maximum Gasteiger partial charge on any atom is 0.199 e. The molecule has 0 saturated heterocycles. The van der Waals surface area contributed by atoms with Crippen LogP contribution in [-0.4, -0.2) is 4.57 Å². The predicted octanol–water partition coefficient (Wildman–Crippen LogP) is 2.82. The zero-order valence-corrected chi connectivity index (χ0v) is 8.94. The van der Waals surface area contributed by atoms with E-state index in [1.807, 2.05) is 16.0 Å². The summed E-state index contributed by atoms with van der Waals surface area (Å²) >= 11 is 7.18. The van der Waals surface area contributed by atoms with Crippen LogP contribution in [-0.2, 0) is 6.54 Å². The highest BCUT2D eigenvalue weighted by Crippen LogP contribution is 2.17. The average molecular weight is 226 g/mol. The van der Waals surface area contributed by atoms with Crippen LogP contribution in [0.1, 0.15) is 0 Å². The lowest BCUT2D eigenvalue weighted by atomic mass is 10.3. The molecule has 0 aliphatic rings. The quantitative estimate of drug-likeness (QED) is 0.771. The number of thiophene rings is 1. The Kier molecular flexibility index (Phi) is 2.44. The zero-order valence-electron chi connectivity index (χ0n) is 7.37. The van der Waals surface area contributed by atoms with Crippen LogP contribution >= 0.6 is 22.9 Å². The van der Waals surface area contributed by atoms with Gasteiger partial charge in [0.25, 0.3) is 0 Å². The van der Waals surface area contributed by atoms with Gasteiger partial charge in [-0.3, -0.25) is 4.79 Å². The molecular formula is C10H8ClNOS. The summed E-state index contributed by atoms with van der Waals surface area (Å²) in [5.41, 5.74) is 0.982. The van der Waals surface area contributed by atoms with Gasteiger partial charge in [-0.1, -0.05) is 18.2 Å². The Hall–Kier alpha value is -1.06. The summed E-state index contributed by atoms with van der Waals surface area (Å²) in [6.45, 7) is 4.17. The van der Waals surface area contributed by atoms with Gasteiger partial charge >= 0.3 is 0 Å². The second-order valence-corrected chi connectivity index (χ2v) is 4.41. The molecule has 2 nitrogen and oxygen atoms in total. The Morgan fingerprint density at radius 2 is 2.36 bits per heavy atom. The fourth-order valence-corrected chi connectivity index (χ4v) is 2.30. The molecule has 0 aromatic carbocycles. The summed E-state index contributed by atoms with van der Waals surface area (Å²) in [5, 5.41) is 2.46. The smallest absolute Gasteiger partial charge is 0.199 e. The van der Waals surface area contributed by atoms with Crippen molar-refractivity contribution in [3.8, 4) is 0 Å². The predicted molar refractivity (Wildman–Crippen MR) is 61.1 cm³/mol. The van der Waals surface area contributed by atoms with Crippen LogP contribution in [0.25, 0.3) is 10.2 Å². The first kappa shape index (κ1) is 9.49. The Bertz CT molecular complexity index is 540. The van der Waals surface area contributed by atoms with Gasteiger partial charge < -0.3 is 4.57 Å². The van der Waals surface area contributed by atoms with Gasteiger partial charge in [-0.25, -0.2) is 0 Å². The minimum atomic E-state index is 0.0615. The van der Waals surface area contributed by atoms with Crippen molar-refractivity contribution in [1.29, 1.82) is 0 Å². The van der Waals surface area contributed by atoms with Gasteiger partial charge in [0, 0.05) is 17.3 Å². The van der Waals surface area contributed by atoms with E-state index in [2.05, 4.69) is 6.58 Å². The number of hydrogen-bond donors (Lipinski definition) is 0. The summed E-state index contributed by atoms with van der Waals surface area (Å²) in [4.78, 5) is 11.4. The Morgan fingerprint density at radius 3 is 3.07 bits per heavy atom. The Balaban J connectivity index is 2.66. The molecule has 0 spiro atoms. The van der Waals surface area contributed by atoms with E-state index in [4.69, 9.17) is 11.6 Å². The number of allylic oxidation sites excluding steroid dienone is 1. The third-order valence-corrected chi connectivity index (χ3v) is 2.96. The zero-order chi connectivity index (χ0) is 10.1. The van der Waals surface area contributed by atoms with E-state index < -0.39 is 0 Å². The lowest BCUT2D eigenvalue weighted by molar-refractivity contribution is 0.843. The number of halogens is 1. The molecule has 2 rings (SSSR count). The van der Waals surface area contributed by atoms with Crippen molar-refractivity contribution in [1.82, 2.24) is 4.57 Å². The van der Waals surface area contributed by atoms with Crippen LogP contribution in [0.5, 0.6) is 0 Å². The molecule has 0 N–H and O–H groups in total. The maximum atomic E-state index is 11.4. The van der Waals surface area contributed by atoms with Crippen molar-refractivity contribution in [2.75, 3.05) is 0 Å². The summed E-state index contributed by atoms with van der Waals surface area (Å²) in [5.74, 6) is 0. The Morgan fingerprint density at radius 1 is 1.57 bits per heavy atom. The van der Waals surface area contributed by atoms with Crippen LogP contribution < -0.4 is 5.43 Å². The van der Waals surface area contributed by atoms with Gasteiger partial charge in [0.15, 0.2) is 5.43 Å². The highest BCUT2D eigenvalue weighted by molar-refractivity contribution is 7.17. The highest BCUT2D eigenvalue weighted by atomic mass is 35.5. The Labute approximate surface area is 90.1 Å². The number of hydrogen-bond acceptors (Lipinski definition) is 2. The van der Waals surface area contributed by atoms with Gasteiger partial charge in [0.05, 0.1) is 16.8 Å². The molecule has 14 heavy (non-hydrogen) atoms. The molecule has 0 saturated carbocycles. The number of nitrogens with zero attached hydrogens (tertiary/aromatic N) is 1. The largest absolute Gasteiger partial charge is 0.341 e. The normalized spacial score (nSPS) is 10.6. The van der Waals surface area contributed by atoms with Crippen LogP contribution in [0, 0.1) is 0 Å². The number of aromatic nitrogens is 1. The lowest BCUT2D eigenvalue weighted by Gasteiger charge is -2.05. The molecule has 2 aromatic heterocycles. The molecule has 4 heteroatoms. The van der Waals surface area contributed by atoms with Gasteiger partial charge in [-0.05, 0) is 11.4 Å². The monoisotopic (exact) mass is 225 g/mol.